The first-order valence-corrected chi connectivity index (χ1v) is 8.58. The van der Waals surface area contributed by atoms with E-state index < -0.39 is 9.84 Å². The lowest BCUT2D eigenvalue weighted by Crippen LogP contribution is -2.12. The van der Waals surface area contributed by atoms with Crippen molar-refractivity contribution < 1.29 is 17.6 Å². The van der Waals surface area contributed by atoms with Gasteiger partial charge in [0.2, 0.25) is 0 Å². The van der Waals surface area contributed by atoms with E-state index in [-0.39, 0.29) is 4.90 Å². The first kappa shape index (κ1) is 15.6. The lowest BCUT2D eigenvalue weighted by molar-refractivity contribution is 0.268. The minimum absolute atomic E-state index is 0.278. The Kier molecular flexibility index (Phi) is 5.03. The molecule has 0 aliphatic heterocycles. The van der Waals surface area contributed by atoms with Crippen molar-refractivity contribution in [1.82, 2.24) is 5.32 Å². The lowest BCUT2D eigenvalue weighted by atomic mass is 10.2. The van der Waals surface area contributed by atoms with Crippen LogP contribution in [0.1, 0.15) is 18.2 Å². The van der Waals surface area contributed by atoms with Crippen LogP contribution in [-0.2, 0) is 23.0 Å². The van der Waals surface area contributed by atoms with E-state index in [0.717, 1.165) is 24.4 Å². The molecule has 0 saturated carbocycles. The third kappa shape index (κ3) is 4.34. The predicted octanol–water partition coefficient (Wildman–Crippen LogP) is 2.37. The Hall–Kier alpha value is -1.79. The molecule has 0 saturated heterocycles. The summed E-state index contributed by atoms with van der Waals surface area (Å²) in [7, 11) is -3.18. The Morgan fingerprint density at radius 2 is 1.90 bits per heavy atom. The molecule has 0 fully saturated rings. The Bertz CT molecular complexity index is 674. The summed E-state index contributed by atoms with van der Waals surface area (Å²) in [5, 5.41) is 3.23. The molecule has 0 bridgehead atoms. The molecule has 1 aromatic carbocycles. The van der Waals surface area contributed by atoms with Crippen LogP contribution in [0.3, 0.4) is 0 Å². The van der Waals surface area contributed by atoms with E-state index in [1.54, 1.807) is 18.4 Å². The molecule has 5 nitrogen and oxygen atoms in total. The summed E-state index contributed by atoms with van der Waals surface area (Å²) in [5.74, 6) is 1.37. The number of ether oxygens (including phenoxy) is 1. The second kappa shape index (κ2) is 6.78. The van der Waals surface area contributed by atoms with Crippen molar-refractivity contribution >= 4 is 9.84 Å². The van der Waals surface area contributed by atoms with Gasteiger partial charge in [-0.1, -0.05) is 6.92 Å². The Balaban J connectivity index is 1.99. The zero-order chi connectivity index (χ0) is 15.3. The van der Waals surface area contributed by atoms with Gasteiger partial charge in [0.05, 0.1) is 11.2 Å². The minimum Gasteiger partial charge on any atom is -0.486 e. The Morgan fingerprint density at radius 1 is 1.19 bits per heavy atom. The van der Waals surface area contributed by atoms with Crippen LogP contribution in [0, 0.1) is 0 Å². The van der Waals surface area contributed by atoms with Crippen LogP contribution in [0.15, 0.2) is 45.9 Å². The monoisotopic (exact) mass is 309 g/mol. The molecule has 0 amide bonds. The van der Waals surface area contributed by atoms with Crippen molar-refractivity contribution in [2.24, 2.45) is 0 Å². The second-order valence-corrected chi connectivity index (χ2v) is 6.70. The molecule has 1 heterocycles. The van der Waals surface area contributed by atoms with Gasteiger partial charge in [0.15, 0.2) is 9.84 Å². The molecule has 0 aliphatic rings. The van der Waals surface area contributed by atoms with Gasteiger partial charge >= 0.3 is 0 Å². The fourth-order valence-corrected chi connectivity index (χ4v) is 2.47. The summed E-state index contributed by atoms with van der Waals surface area (Å²) in [6.45, 7) is 3.97. The Morgan fingerprint density at radius 3 is 2.52 bits per heavy atom. The quantitative estimate of drug-likeness (QED) is 0.850. The van der Waals surface area contributed by atoms with Gasteiger partial charge in [-0.3, -0.25) is 0 Å². The fraction of sp³-hybridized carbons (Fsp3) is 0.333. The van der Waals surface area contributed by atoms with E-state index in [1.807, 2.05) is 13.0 Å². The molecule has 114 valence electrons. The van der Waals surface area contributed by atoms with Gasteiger partial charge in [0.1, 0.15) is 18.1 Å². The molecular formula is C15H19NO4S. The number of hydrogen-bond donors (Lipinski definition) is 1. The van der Waals surface area contributed by atoms with Crippen LogP contribution in [0.25, 0.3) is 0 Å². The van der Waals surface area contributed by atoms with E-state index in [2.05, 4.69) is 5.32 Å². The zero-order valence-corrected chi connectivity index (χ0v) is 12.9. The number of hydrogen-bond acceptors (Lipinski definition) is 5. The smallest absolute Gasteiger partial charge is 0.175 e. The van der Waals surface area contributed by atoms with Gasteiger partial charge in [-0.2, -0.15) is 0 Å². The summed E-state index contributed by atoms with van der Waals surface area (Å²) in [5.41, 5.74) is 1.06. The van der Waals surface area contributed by atoms with E-state index in [1.165, 1.54) is 18.4 Å². The van der Waals surface area contributed by atoms with Gasteiger partial charge in [-0.25, -0.2) is 8.42 Å². The number of rotatable bonds is 7. The van der Waals surface area contributed by atoms with E-state index in [9.17, 15) is 8.42 Å². The van der Waals surface area contributed by atoms with Gasteiger partial charge in [0.25, 0.3) is 0 Å². The number of benzene rings is 1. The molecule has 1 N–H and O–H groups in total. The number of sulfone groups is 1. The molecule has 0 aliphatic carbocycles. The number of furan rings is 1. The maximum Gasteiger partial charge on any atom is 0.175 e. The highest BCUT2D eigenvalue weighted by atomic mass is 32.2. The summed E-state index contributed by atoms with van der Waals surface area (Å²) in [6, 6.07) is 8.26. The third-order valence-electron chi connectivity index (χ3n) is 3.02. The van der Waals surface area contributed by atoms with Gasteiger partial charge in [0, 0.05) is 18.4 Å². The highest BCUT2D eigenvalue weighted by Gasteiger charge is 2.09. The summed E-state index contributed by atoms with van der Waals surface area (Å²) >= 11 is 0. The first-order valence-electron chi connectivity index (χ1n) is 6.69. The van der Waals surface area contributed by atoms with Gasteiger partial charge < -0.3 is 14.5 Å². The van der Waals surface area contributed by atoms with Crippen LogP contribution in [-0.4, -0.2) is 21.2 Å². The molecule has 1 aromatic heterocycles. The SMILES string of the molecule is CCNCc1ccoc1COc1ccc(S(C)(=O)=O)cc1. The lowest BCUT2D eigenvalue weighted by Gasteiger charge is -2.07. The first-order chi connectivity index (χ1) is 10.0. The normalized spacial score (nSPS) is 11.5. The fourth-order valence-electron chi connectivity index (χ4n) is 1.84. The van der Waals surface area contributed by atoms with E-state index in [4.69, 9.17) is 9.15 Å². The molecule has 0 spiro atoms. The molecule has 0 radical (unpaired) electrons. The molecule has 0 unspecified atom stereocenters. The highest BCUT2D eigenvalue weighted by molar-refractivity contribution is 7.90. The summed E-state index contributed by atoms with van der Waals surface area (Å²) in [6.07, 6.45) is 2.82. The van der Waals surface area contributed by atoms with Crippen molar-refractivity contribution in [2.45, 2.75) is 25.0 Å². The van der Waals surface area contributed by atoms with Crippen molar-refractivity contribution in [2.75, 3.05) is 12.8 Å². The van der Waals surface area contributed by atoms with Crippen LogP contribution in [0.2, 0.25) is 0 Å². The molecule has 21 heavy (non-hydrogen) atoms. The zero-order valence-electron chi connectivity index (χ0n) is 12.1. The third-order valence-corrected chi connectivity index (χ3v) is 4.15. The van der Waals surface area contributed by atoms with Crippen molar-refractivity contribution in [3.8, 4) is 5.75 Å². The number of nitrogens with one attached hydrogen (secondary N) is 1. The molecule has 0 atom stereocenters. The van der Waals surface area contributed by atoms with Crippen LogP contribution in [0.4, 0.5) is 0 Å². The van der Waals surface area contributed by atoms with E-state index in [0.29, 0.717) is 12.4 Å². The second-order valence-electron chi connectivity index (χ2n) is 4.68. The Labute approximate surface area is 124 Å². The predicted molar refractivity (Wildman–Crippen MR) is 80.0 cm³/mol. The molecule has 2 aromatic rings. The largest absolute Gasteiger partial charge is 0.486 e. The van der Waals surface area contributed by atoms with Crippen molar-refractivity contribution in [1.29, 1.82) is 0 Å². The average molecular weight is 309 g/mol. The van der Waals surface area contributed by atoms with Crippen molar-refractivity contribution in [3.63, 3.8) is 0 Å². The van der Waals surface area contributed by atoms with Gasteiger partial charge in [-0.15, -0.1) is 0 Å². The molecular weight excluding hydrogens is 290 g/mol. The molecule has 2 rings (SSSR count). The van der Waals surface area contributed by atoms with E-state index >= 15 is 0 Å². The van der Waals surface area contributed by atoms with Crippen LogP contribution in [0.5, 0.6) is 5.75 Å². The molecule has 6 heteroatoms. The summed E-state index contributed by atoms with van der Waals surface area (Å²) in [4.78, 5) is 0.278. The standard InChI is InChI=1S/C15H19NO4S/c1-3-16-10-12-8-9-19-15(12)11-20-13-4-6-14(7-5-13)21(2,17)18/h4-9,16H,3,10-11H2,1-2H3. The minimum atomic E-state index is -3.18. The van der Waals surface area contributed by atoms with Crippen LogP contribution < -0.4 is 10.1 Å². The average Bonchev–Trinajstić information content (AvgIpc) is 2.90. The van der Waals surface area contributed by atoms with Crippen molar-refractivity contribution in [3.05, 3.63) is 47.9 Å². The maximum atomic E-state index is 11.4. The topological polar surface area (TPSA) is 68.5 Å². The maximum absolute atomic E-state index is 11.4. The summed E-state index contributed by atoms with van der Waals surface area (Å²) < 4.78 is 33.8. The van der Waals surface area contributed by atoms with Crippen LogP contribution >= 0.6 is 0 Å². The van der Waals surface area contributed by atoms with Gasteiger partial charge in [-0.05, 0) is 36.9 Å². The highest BCUT2D eigenvalue weighted by Crippen LogP contribution is 2.18.